The largest absolute Gasteiger partial charge is 0.352 e. The van der Waals surface area contributed by atoms with E-state index in [0.717, 1.165) is 31.3 Å². The lowest BCUT2D eigenvalue weighted by Crippen LogP contribution is -2.51. The molecule has 2 fully saturated rings. The van der Waals surface area contributed by atoms with E-state index in [1.54, 1.807) is 17.1 Å². The molecule has 0 aromatic heterocycles. The topological polar surface area (TPSA) is 49.4 Å². The van der Waals surface area contributed by atoms with E-state index in [1.165, 1.54) is 32.1 Å². The Morgan fingerprint density at radius 2 is 1.72 bits per heavy atom. The summed E-state index contributed by atoms with van der Waals surface area (Å²) in [5, 5.41) is 3.18. The second-order valence-corrected chi connectivity index (χ2v) is 7.64. The molecule has 2 aliphatic heterocycles. The standard InChI is InChI=1S/C21H30N2O2/c1-3-18-15-12-17(13-15)23(21(25)19(18)4-2)14-20(24)22-16-10-8-6-5-7-9-11-16/h3-4,15-17H,1-2,5-14H2,(H,22,24). The van der Waals surface area contributed by atoms with E-state index >= 15 is 0 Å². The smallest absolute Gasteiger partial charge is 0.254 e. The number of rotatable bonds is 5. The summed E-state index contributed by atoms with van der Waals surface area (Å²) >= 11 is 0. The van der Waals surface area contributed by atoms with Crippen molar-refractivity contribution < 1.29 is 9.59 Å². The molecule has 0 aromatic carbocycles. The fraction of sp³-hybridized carbons (Fsp3) is 0.619. The van der Waals surface area contributed by atoms with Crippen molar-refractivity contribution in [2.24, 2.45) is 5.92 Å². The number of nitrogens with zero attached hydrogens (tertiary/aromatic N) is 1. The molecule has 4 aliphatic rings. The molecule has 4 nitrogen and oxygen atoms in total. The number of nitrogens with one attached hydrogen (secondary N) is 1. The molecular weight excluding hydrogens is 312 g/mol. The fourth-order valence-electron chi connectivity index (χ4n) is 4.47. The van der Waals surface area contributed by atoms with Gasteiger partial charge in [0.2, 0.25) is 5.91 Å². The van der Waals surface area contributed by atoms with Crippen LogP contribution in [0.5, 0.6) is 0 Å². The molecule has 2 bridgehead atoms. The molecule has 25 heavy (non-hydrogen) atoms. The Bertz CT molecular complexity index is 579. The van der Waals surface area contributed by atoms with E-state index < -0.39 is 0 Å². The maximum atomic E-state index is 12.9. The predicted octanol–water partition coefficient (Wildman–Crippen LogP) is 3.50. The van der Waals surface area contributed by atoms with E-state index in [1.807, 2.05) is 0 Å². The van der Waals surface area contributed by atoms with Crippen LogP contribution in [0.4, 0.5) is 0 Å². The average molecular weight is 342 g/mol. The van der Waals surface area contributed by atoms with Gasteiger partial charge >= 0.3 is 0 Å². The summed E-state index contributed by atoms with van der Waals surface area (Å²) in [4.78, 5) is 27.2. The van der Waals surface area contributed by atoms with Crippen molar-refractivity contribution in [3.8, 4) is 0 Å². The lowest BCUT2D eigenvalue weighted by molar-refractivity contribution is -0.136. The van der Waals surface area contributed by atoms with Gasteiger partial charge in [-0.05, 0) is 37.2 Å². The number of carbonyl (C=O) groups excluding carboxylic acids is 2. The van der Waals surface area contributed by atoms with E-state index in [0.29, 0.717) is 11.5 Å². The maximum Gasteiger partial charge on any atom is 0.254 e. The van der Waals surface area contributed by atoms with Crippen molar-refractivity contribution in [1.29, 1.82) is 0 Å². The summed E-state index contributed by atoms with van der Waals surface area (Å²) < 4.78 is 0. The van der Waals surface area contributed by atoms with Gasteiger partial charge in [-0.3, -0.25) is 9.59 Å². The molecule has 4 rings (SSSR count). The molecule has 2 heterocycles. The Morgan fingerprint density at radius 1 is 1.08 bits per heavy atom. The number of fused-ring (bicyclic) bond motifs is 2. The van der Waals surface area contributed by atoms with Crippen LogP contribution >= 0.6 is 0 Å². The SMILES string of the molecule is C=CC1=C(C=C)C2CC(C2)N(CC(=O)NC2CCCCCCC2)C1=O. The number of carbonyl (C=O) groups is 2. The van der Waals surface area contributed by atoms with Gasteiger partial charge in [0, 0.05) is 17.7 Å². The zero-order valence-electron chi connectivity index (χ0n) is 15.1. The maximum absolute atomic E-state index is 12.9. The summed E-state index contributed by atoms with van der Waals surface area (Å²) in [7, 11) is 0. The van der Waals surface area contributed by atoms with Gasteiger partial charge in [-0.1, -0.05) is 57.4 Å². The van der Waals surface area contributed by atoms with Gasteiger partial charge in [-0.2, -0.15) is 0 Å². The molecule has 2 saturated carbocycles. The molecule has 0 spiro atoms. The second kappa shape index (κ2) is 8.03. The highest BCUT2D eigenvalue weighted by Crippen LogP contribution is 2.42. The van der Waals surface area contributed by atoms with Gasteiger partial charge in [-0.15, -0.1) is 0 Å². The lowest BCUT2D eigenvalue weighted by atomic mass is 9.75. The Kier molecular flexibility index (Phi) is 5.77. The molecular formula is C21H30N2O2. The normalized spacial score (nSPS) is 27.7. The Balaban J connectivity index is 1.64. The third kappa shape index (κ3) is 3.88. The Labute approximate surface area is 151 Å². The number of hydrogen-bond donors (Lipinski definition) is 1. The molecule has 2 amide bonds. The summed E-state index contributed by atoms with van der Waals surface area (Å²) in [6, 6.07) is 0.440. The van der Waals surface area contributed by atoms with Crippen molar-refractivity contribution in [2.75, 3.05) is 6.54 Å². The molecule has 0 radical (unpaired) electrons. The highest BCUT2D eigenvalue weighted by Gasteiger charge is 2.43. The summed E-state index contributed by atoms with van der Waals surface area (Å²) in [6.45, 7) is 7.82. The molecule has 0 aromatic rings. The van der Waals surface area contributed by atoms with Gasteiger partial charge < -0.3 is 10.2 Å². The van der Waals surface area contributed by atoms with E-state index in [4.69, 9.17) is 0 Å². The monoisotopic (exact) mass is 342 g/mol. The predicted molar refractivity (Wildman–Crippen MR) is 99.9 cm³/mol. The van der Waals surface area contributed by atoms with E-state index in [2.05, 4.69) is 18.5 Å². The fourth-order valence-corrected chi connectivity index (χ4v) is 4.47. The second-order valence-electron chi connectivity index (χ2n) is 7.64. The Morgan fingerprint density at radius 3 is 2.32 bits per heavy atom. The molecule has 0 saturated heterocycles. The molecule has 0 atom stereocenters. The highest BCUT2D eigenvalue weighted by molar-refractivity contribution is 6.00. The van der Waals surface area contributed by atoms with Crippen molar-refractivity contribution >= 4 is 11.8 Å². The van der Waals surface area contributed by atoms with Crippen LogP contribution in [-0.2, 0) is 9.59 Å². The van der Waals surface area contributed by atoms with Crippen molar-refractivity contribution in [1.82, 2.24) is 10.2 Å². The quantitative estimate of drug-likeness (QED) is 0.831. The molecule has 4 heteroatoms. The number of hydrogen-bond acceptors (Lipinski definition) is 2. The van der Waals surface area contributed by atoms with E-state index in [-0.39, 0.29) is 30.4 Å². The number of amides is 2. The minimum atomic E-state index is -0.0669. The van der Waals surface area contributed by atoms with Crippen LogP contribution in [0.15, 0.2) is 36.5 Å². The van der Waals surface area contributed by atoms with Gasteiger partial charge in [0.25, 0.3) is 5.91 Å². The molecule has 2 aliphatic carbocycles. The third-order valence-electron chi connectivity index (χ3n) is 6.00. The van der Waals surface area contributed by atoms with Crippen LogP contribution in [-0.4, -0.2) is 35.3 Å². The molecule has 1 N–H and O–H groups in total. The first-order valence-electron chi connectivity index (χ1n) is 9.73. The van der Waals surface area contributed by atoms with Crippen LogP contribution < -0.4 is 5.32 Å². The average Bonchev–Trinajstić information content (AvgIpc) is 2.70. The Hall–Kier alpha value is -1.84. The third-order valence-corrected chi connectivity index (χ3v) is 6.00. The molecule has 136 valence electrons. The van der Waals surface area contributed by atoms with Gasteiger partial charge in [0.15, 0.2) is 0 Å². The lowest BCUT2D eigenvalue weighted by Gasteiger charge is -2.40. The first-order valence-corrected chi connectivity index (χ1v) is 9.73. The zero-order chi connectivity index (χ0) is 17.8. The van der Waals surface area contributed by atoms with Crippen LogP contribution in [0.25, 0.3) is 0 Å². The minimum absolute atomic E-state index is 0.0205. The van der Waals surface area contributed by atoms with Crippen LogP contribution in [0.1, 0.15) is 57.8 Å². The van der Waals surface area contributed by atoms with E-state index in [9.17, 15) is 9.59 Å². The van der Waals surface area contributed by atoms with Gasteiger partial charge in [0.1, 0.15) is 6.54 Å². The minimum Gasteiger partial charge on any atom is -0.352 e. The van der Waals surface area contributed by atoms with Crippen LogP contribution in [0.2, 0.25) is 0 Å². The summed E-state index contributed by atoms with van der Waals surface area (Å²) in [5.74, 6) is 0.300. The highest BCUT2D eigenvalue weighted by atomic mass is 16.2. The van der Waals surface area contributed by atoms with Crippen molar-refractivity contribution in [2.45, 2.75) is 69.9 Å². The summed E-state index contributed by atoms with van der Waals surface area (Å²) in [5.41, 5.74) is 1.62. The van der Waals surface area contributed by atoms with Crippen molar-refractivity contribution in [3.63, 3.8) is 0 Å². The number of allylic oxidation sites excluding steroid dienone is 2. The van der Waals surface area contributed by atoms with Crippen LogP contribution in [0.3, 0.4) is 0 Å². The first kappa shape index (κ1) is 18.0. The zero-order valence-corrected chi connectivity index (χ0v) is 15.1. The first-order chi connectivity index (χ1) is 12.1. The molecule has 0 unspecified atom stereocenters. The van der Waals surface area contributed by atoms with Crippen molar-refractivity contribution in [3.05, 3.63) is 36.5 Å². The van der Waals surface area contributed by atoms with Crippen LogP contribution in [0, 0.1) is 5.92 Å². The van der Waals surface area contributed by atoms with Gasteiger partial charge in [-0.25, -0.2) is 0 Å². The van der Waals surface area contributed by atoms with Gasteiger partial charge in [0.05, 0.1) is 0 Å². The summed E-state index contributed by atoms with van der Waals surface area (Å²) in [6.07, 6.45) is 13.6.